The Morgan fingerprint density at radius 1 is 1.37 bits per heavy atom. The van der Waals surface area contributed by atoms with Gasteiger partial charge >= 0.3 is 0 Å². The molecule has 1 aromatic carbocycles. The maximum Gasteiger partial charge on any atom is 0.274 e. The van der Waals surface area contributed by atoms with Crippen LogP contribution in [0, 0.1) is 17.0 Å². The Balaban J connectivity index is 1.50. The molecule has 0 atom stereocenters. The number of rotatable bonds is 5. The quantitative estimate of drug-likeness (QED) is 0.533. The summed E-state index contributed by atoms with van der Waals surface area (Å²) in [7, 11) is 0. The zero-order valence-electron chi connectivity index (χ0n) is 14.5. The van der Waals surface area contributed by atoms with Gasteiger partial charge in [-0.05, 0) is 37.8 Å². The number of carbonyl (C=O) groups excluding carboxylic acids is 1. The number of hydrogen-bond acceptors (Lipinski definition) is 7. The molecule has 0 spiro atoms. The standard InChI is InChI=1S/C18H16N4O4S/c1-10-12(5-3-6-13(10)22(24)25)21-15(23)8-26-17-16-11-4-2-7-14(11)27-18(16)20-9-19-17/h3,5-6,9H,2,4,7-8H2,1H3,(H,21,23). The first-order valence-electron chi connectivity index (χ1n) is 8.46. The highest BCUT2D eigenvalue weighted by atomic mass is 32.1. The third kappa shape index (κ3) is 3.21. The van der Waals surface area contributed by atoms with Crippen molar-refractivity contribution in [2.24, 2.45) is 0 Å². The molecule has 0 fully saturated rings. The highest BCUT2D eigenvalue weighted by Gasteiger charge is 2.22. The van der Waals surface area contributed by atoms with E-state index in [-0.39, 0.29) is 12.3 Å². The number of aryl methyl sites for hydroxylation is 2. The number of fused-ring (bicyclic) bond motifs is 3. The Hall–Kier alpha value is -3.07. The van der Waals surface area contributed by atoms with E-state index in [1.807, 2.05) is 0 Å². The second-order valence-electron chi connectivity index (χ2n) is 6.26. The second-order valence-corrected chi connectivity index (χ2v) is 7.34. The van der Waals surface area contributed by atoms with Crippen molar-refractivity contribution in [2.75, 3.05) is 11.9 Å². The first kappa shape index (κ1) is 17.3. The average molecular weight is 384 g/mol. The van der Waals surface area contributed by atoms with Gasteiger partial charge in [-0.2, -0.15) is 0 Å². The van der Waals surface area contributed by atoms with E-state index in [1.165, 1.54) is 28.9 Å². The SMILES string of the molecule is Cc1c(NC(=O)COc2ncnc3sc4c(c23)CCC4)cccc1[N+](=O)[O-]. The van der Waals surface area contributed by atoms with Gasteiger partial charge in [-0.1, -0.05) is 6.07 Å². The number of nitro groups is 1. The summed E-state index contributed by atoms with van der Waals surface area (Å²) < 4.78 is 5.66. The lowest BCUT2D eigenvalue weighted by atomic mass is 10.1. The monoisotopic (exact) mass is 384 g/mol. The Labute approximate surface area is 158 Å². The van der Waals surface area contributed by atoms with Crippen LogP contribution in [0.1, 0.15) is 22.4 Å². The van der Waals surface area contributed by atoms with Crippen LogP contribution in [0.2, 0.25) is 0 Å². The van der Waals surface area contributed by atoms with Crippen LogP contribution in [0.5, 0.6) is 5.88 Å². The molecule has 1 aliphatic rings. The Morgan fingerprint density at radius 3 is 3.04 bits per heavy atom. The Kier molecular flexibility index (Phi) is 4.44. The van der Waals surface area contributed by atoms with E-state index in [2.05, 4.69) is 15.3 Å². The van der Waals surface area contributed by atoms with Crippen LogP contribution >= 0.6 is 11.3 Å². The van der Waals surface area contributed by atoms with Crippen molar-refractivity contribution in [3.8, 4) is 5.88 Å². The fourth-order valence-electron chi connectivity index (χ4n) is 3.29. The molecular formula is C18H16N4O4S. The van der Waals surface area contributed by atoms with Crippen LogP contribution in [0.25, 0.3) is 10.2 Å². The third-order valence-electron chi connectivity index (χ3n) is 4.58. The lowest BCUT2D eigenvalue weighted by Gasteiger charge is -2.10. The molecule has 1 amide bonds. The molecule has 3 aromatic rings. The predicted molar refractivity (Wildman–Crippen MR) is 101 cm³/mol. The number of aromatic nitrogens is 2. The maximum absolute atomic E-state index is 12.3. The van der Waals surface area contributed by atoms with Crippen LogP contribution in [-0.4, -0.2) is 27.4 Å². The van der Waals surface area contributed by atoms with Gasteiger partial charge in [0.1, 0.15) is 11.2 Å². The number of carbonyl (C=O) groups is 1. The van der Waals surface area contributed by atoms with Crippen molar-refractivity contribution in [1.82, 2.24) is 9.97 Å². The van der Waals surface area contributed by atoms with Crippen molar-refractivity contribution in [3.63, 3.8) is 0 Å². The van der Waals surface area contributed by atoms with Gasteiger partial charge in [0, 0.05) is 10.9 Å². The molecule has 1 aliphatic carbocycles. The molecule has 8 nitrogen and oxygen atoms in total. The van der Waals surface area contributed by atoms with Crippen molar-refractivity contribution < 1.29 is 14.5 Å². The number of nitrogens with zero attached hydrogens (tertiary/aromatic N) is 3. The summed E-state index contributed by atoms with van der Waals surface area (Å²) in [6.07, 6.45) is 4.56. The fourth-order valence-corrected chi connectivity index (χ4v) is 4.51. The summed E-state index contributed by atoms with van der Waals surface area (Å²) in [4.78, 5) is 33.5. The fraction of sp³-hybridized carbons (Fsp3) is 0.278. The van der Waals surface area contributed by atoms with Gasteiger partial charge in [-0.15, -0.1) is 11.3 Å². The first-order chi connectivity index (χ1) is 13.0. The molecule has 138 valence electrons. The molecule has 0 bridgehead atoms. The number of hydrogen-bond donors (Lipinski definition) is 1. The molecule has 0 radical (unpaired) electrons. The van der Waals surface area contributed by atoms with Crippen molar-refractivity contribution in [1.29, 1.82) is 0 Å². The molecule has 0 aliphatic heterocycles. The van der Waals surface area contributed by atoms with Gasteiger partial charge < -0.3 is 10.1 Å². The predicted octanol–water partition coefficient (Wildman–Crippen LogP) is 3.41. The molecule has 4 rings (SSSR count). The third-order valence-corrected chi connectivity index (χ3v) is 5.78. The minimum atomic E-state index is -0.476. The second kappa shape index (κ2) is 6.92. The normalized spacial score (nSPS) is 12.8. The number of nitrogens with one attached hydrogen (secondary N) is 1. The van der Waals surface area contributed by atoms with E-state index in [1.54, 1.807) is 24.3 Å². The number of thiophene rings is 1. The van der Waals surface area contributed by atoms with Gasteiger partial charge in [0.15, 0.2) is 6.61 Å². The smallest absolute Gasteiger partial charge is 0.274 e. The highest BCUT2D eigenvalue weighted by Crippen LogP contribution is 2.39. The lowest BCUT2D eigenvalue weighted by Crippen LogP contribution is -2.21. The molecule has 9 heteroatoms. The van der Waals surface area contributed by atoms with Gasteiger partial charge in [0.25, 0.3) is 11.6 Å². The summed E-state index contributed by atoms with van der Waals surface area (Å²) in [6, 6.07) is 4.55. The van der Waals surface area contributed by atoms with Crippen LogP contribution in [0.15, 0.2) is 24.5 Å². The number of anilines is 1. The van der Waals surface area contributed by atoms with Gasteiger partial charge in [-0.25, -0.2) is 9.97 Å². The van der Waals surface area contributed by atoms with E-state index in [4.69, 9.17) is 4.74 Å². The maximum atomic E-state index is 12.3. The largest absolute Gasteiger partial charge is 0.467 e. The van der Waals surface area contributed by atoms with Crippen molar-refractivity contribution in [3.05, 3.63) is 50.6 Å². The van der Waals surface area contributed by atoms with Crippen molar-refractivity contribution >= 4 is 38.8 Å². The molecule has 0 saturated carbocycles. The zero-order valence-corrected chi connectivity index (χ0v) is 15.3. The van der Waals surface area contributed by atoms with E-state index in [9.17, 15) is 14.9 Å². The molecular weight excluding hydrogens is 368 g/mol. The van der Waals surface area contributed by atoms with Crippen molar-refractivity contribution in [2.45, 2.75) is 26.2 Å². The molecule has 1 N–H and O–H groups in total. The summed E-state index contributed by atoms with van der Waals surface area (Å²) in [6.45, 7) is 1.36. The van der Waals surface area contributed by atoms with Gasteiger partial charge in [-0.3, -0.25) is 14.9 Å². The molecule has 2 aromatic heterocycles. The first-order valence-corrected chi connectivity index (χ1v) is 9.28. The Bertz CT molecular complexity index is 1060. The molecule has 0 saturated heterocycles. The number of ether oxygens (including phenoxy) is 1. The molecule has 2 heterocycles. The van der Waals surface area contributed by atoms with Gasteiger partial charge in [0.05, 0.1) is 21.6 Å². The van der Waals surface area contributed by atoms with E-state index in [0.717, 1.165) is 29.5 Å². The average Bonchev–Trinajstić information content (AvgIpc) is 3.22. The van der Waals surface area contributed by atoms with Crippen LogP contribution in [-0.2, 0) is 17.6 Å². The summed E-state index contributed by atoms with van der Waals surface area (Å²) in [5.74, 6) is 0.00236. The molecule has 0 unspecified atom stereocenters. The Morgan fingerprint density at radius 2 is 2.22 bits per heavy atom. The number of nitro benzene ring substituents is 1. The van der Waals surface area contributed by atoms with E-state index < -0.39 is 10.8 Å². The molecule has 27 heavy (non-hydrogen) atoms. The minimum absolute atomic E-state index is 0.0416. The van der Waals surface area contributed by atoms with Crippen LogP contribution < -0.4 is 10.1 Å². The highest BCUT2D eigenvalue weighted by molar-refractivity contribution is 7.18. The zero-order chi connectivity index (χ0) is 19.0. The van der Waals surface area contributed by atoms with Crippen LogP contribution in [0.4, 0.5) is 11.4 Å². The summed E-state index contributed by atoms with van der Waals surface area (Å²) in [5.41, 5.74) is 1.97. The number of amides is 1. The lowest BCUT2D eigenvalue weighted by molar-refractivity contribution is -0.385. The minimum Gasteiger partial charge on any atom is -0.467 e. The van der Waals surface area contributed by atoms with Crippen LogP contribution in [0.3, 0.4) is 0 Å². The number of benzene rings is 1. The summed E-state index contributed by atoms with van der Waals surface area (Å²) in [5, 5.41) is 14.6. The van der Waals surface area contributed by atoms with E-state index in [0.29, 0.717) is 17.1 Å². The summed E-state index contributed by atoms with van der Waals surface area (Å²) >= 11 is 1.65. The van der Waals surface area contributed by atoms with E-state index >= 15 is 0 Å². The van der Waals surface area contributed by atoms with Gasteiger partial charge in [0.2, 0.25) is 5.88 Å². The topological polar surface area (TPSA) is 107 Å².